The molecule has 1 fully saturated rings. The minimum absolute atomic E-state index is 0.00927. The van der Waals surface area contributed by atoms with Crippen molar-refractivity contribution in [3.8, 4) is 11.5 Å². The van der Waals surface area contributed by atoms with Crippen molar-refractivity contribution < 1.29 is 19.1 Å². The molecule has 0 spiro atoms. The first-order chi connectivity index (χ1) is 13.2. The van der Waals surface area contributed by atoms with Crippen molar-refractivity contribution in [3.63, 3.8) is 0 Å². The summed E-state index contributed by atoms with van der Waals surface area (Å²) in [6.45, 7) is 2.30. The molecule has 1 N–H and O–H groups in total. The third-order valence-electron chi connectivity index (χ3n) is 4.48. The summed E-state index contributed by atoms with van der Waals surface area (Å²) in [7, 11) is 1.61. The van der Waals surface area contributed by atoms with Gasteiger partial charge in [0, 0.05) is 24.2 Å². The van der Waals surface area contributed by atoms with Crippen LogP contribution in [0.3, 0.4) is 0 Å². The van der Waals surface area contributed by atoms with Crippen LogP contribution in [0.25, 0.3) is 0 Å². The lowest BCUT2D eigenvalue weighted by atomic mass is 10.1. The van der Waals surface area contributed by atoms with Gasteiger partial charge in [0.25, 0.3) is 11.8 Å². The van der Waals surface area contributed by atoms with Gasteiger partial charge in [0.1, 0.15) is 18.1 Å². The summed E-state index contributed by atoms with van der Waals surface area (Å²) in [5.74, 6) is 1.25. The second-order valence-corrected chi connectivity index (χ2v) is 6.36. The molecule has 1 saturated heterocycles. The summed E-state index contributed by atoms with van der Waals surface area (Å²) in [6, 6.07) is 14.1. The van der Waals surface area contributed by atoms with Gasteiger partial charge in [0.05, 0.1) is 13.7 Å². The molecule has 2 amide bonds. The minimum Gasteiger partial charge on any atom is -0.497 e. The minimum atomic E-state index is -0.218. The zero-order valence-electron chi connectivity index (χ0n) is 15.4. The maximum absolute atomic E-state index is 12.5. The highest BCUT2D eigenvalue weighted by Crippen LogP contribution is 2.17. The van der Waals surface area contributed by atoms with Crippen LogP contribution in [-0.2, 0) is 0 Å². The van der Waals surface area contributed by atoms with E-state index in [9.17, 15) is 9.59 Å². The van der Waals surface area contributed by atoms with Crippen LogP contribution in [0.4, 0.5) is 0 Å². The van der Waals surface area contributed by atoms with Crippen molar-refractivity contribution in [2.45, 2.75) is 12.8 Å². The topological polar surface area (TPSA) is 67.9 Å². The quantitative estimate of drug-likeness (QED) is 0.763. The maximum Gasteiger partial charge on any atom is 0.253 e. The zero-order valence-corrected chi connectivity index (χ0v) is 15.4. The van der Waals surface area contributed by atoms with Crippen molar-refractivity contribution in [1.29, 1.82) is 0 Å². The van der Waals surface area contributed by atoms with Crippen LogP contribution < -0.4 is 14.8 Å². The van der Waals surface area contributed by atoms with Gasteiger partial charge >= 0.3 is 0 Å². The van der Waals surface area contributed by atoms with Gasteiger partial charge in [0.15, 0.2) is 0 Å². The second kappa shape index (κ2) is 9.07. The number of nitrogens with zero attached hydrogens (tertiary/aromatic N) is 1. The molecule has 0 bridgehead atoms. The molecule has 1 heterocycles. The number of likely N-dealkylation sites (tertiary alicyclic amines) is 1. The van der Waals surface area contributed by atoms with Gasteiger partial charge in [-0.05, 0) is 55.3 Å². The molecule has 0 saturated carbocycles. The lowest BCUT2D eigenvalue weighted by Gasteiger charge is -2.15. The standard InChI is InChI=1S/C21H24N2O4/c1-26-18-7-9-19(10-8-18)27-14-11-22-20(24)16-5-4-6-17(15-16)21(25)23-12-2-3-13-23/h4-10,15H,2-3,11-14H2,1H3,(H,22,24). The molecule has 0 aliphatic carbocycles. The van der Waals surface area contributed by atoms with E-state index in [1.807, 2.05) is 29.2 Å². The molecule has 0 atom stereocenters. The van der Waals surface area contributed by atoms with Crippen molar-refractivity contribution in [1.82, 2.24) is 10.2 Å². The Bertz CT molecular complexity index is 783. The Morgan fingerprint density at radius 2 is 1.67 bits per heavy atom. The number of nitrogens with one attached hydrogen (secondary N) is 1. The predicted octanol–water partition coefficient (Wildman–Crippen LogP) is 2.74. The molecule has 0 aromatic heterocycles. The van der Waals surface area contributed by atoms with Gasteiger partial charge in [-0.2, -0.15) is 0 Å². The molecule has 1 aliphatic rings. The van der Waals surface area contributed by atoms with Gasteiger partial charge in [-0.15, -0.1) is 0 Å². The van der Waals surface area contributed by atoms with Crippen LogP contribution in [0.5, 0.6) is 11.5 Å². The molecular weight excluding hydrogens is 344 g/mol. The van der Waals surface area contributed by atoms with Gasteiger partial charge in [-0.1, -0.05) is 6.07 Å². The Kier molecular flexibility index (Phi) is 6.30. The molecule has 142 valence electrons. The van der Waals surface area contributed by atoms with E-state index in [0.29, 0.717) is 30.0 Å². The number of hydrogen-bond donors (Lipinski definition) is 1. The Morgan fingerprint density at radius 3 is 2.37 bits per heavy atom. The molecule has 6 heteroatoms. The first-order valence-corrected chi connectivity index (χ1v) is 9.12. The number of carbonyl (C=O) groups excluding carboxylic acids is 2. The highest BCUT2D eigenvalue weighted by Gasteiger charge is 2.20. The largest absolute Gasteiger partial charge is 0.497 e. The van der Waals surface area contributed by atoms with Crippen LogP contribution in [0, 0.1) is 0 Å². The zero-order chi connectivity index (χ0) is 19.1. The Labute approximate surface area is 159 Å². The number of hydrogen-bond acceptors (Lipinski definition) is 4. The highest BCUT2D eigenvalue weighted by molar-refractivity contribution is 5.99. The summed E-state index contributed by atoms with van der Waals surface area (Å²) in [5.41, 5.74) is 1.03. The smallest absolute Gasteiger partial charge is 0.253 e. The number of carbonyl (C=O) groups is 2. The summed E-state index contributed by atoms with van der Waals surface area (Å²) in [6.07, 6.45) is 2.08. The van der Waals surface area contributed by atoms with E-state index in [-0.39, 0.29) is 11.8 Å². The van der Waals surface area contributed by atoms with Gasteiger partial charge in [-0.3, -0.25) is 9.59 Å². The van der Waals surface area contributed by atoms with Gasteiger partial charge in [0.2, 0.25) is 0 Å². The molecule has 6 nitrogen and oxygen atoms in total. The van der Waals surface area contributed by atoms with E-state index in [4.69, 9.17) is 9.47 Å². The Hall–Kier alpha value is -3.02. The predicted molar refractivity (Wildman–Crippen MR) is 102 cm³/mol. The monoisotopic (exact) mass is 368 g/mol. The van der Waals surface area contributed by atoms with E-state index < -0.39 is 0 Å². The van der Waals surface area contributed by atoms with Crippen LogP contribution >= 0.6 is 0 Å². The molecule has 27 heavy (non-hydrogen) atoms. The first-order valence-electron chi connectivity index (χ1n) is 9.12. The number of amides is 2. The fourth-order valence-corrected chi connectivity index (χ4v) is 3.00. The van der Waals surface area contributed by atoms with Crippen LogP contribution in [0.1, 0.15) is 33.6 Å². The average molecular weight is 368 g/mol. The first kappa shape index (κ1) is 18.8. The second-order valence-electron chi connectivity index (χ2n) is 6.36. The van der Waals surface area contributed by atoms with Crippen molar-refractivity contribution >= 4 is 11.8 Å². The summed E-state index contributed by atoms with van der Waals surface area (Å²) < 4.78 is 10.7. The maximum atomic E-state index is 12.5. The average Bonchev–Trinajstić information content (AvgIpc) is 3.26. The molecule has 1 aliphatic heterocycles. The van der Waals surface area contributed by atoms with E-state index >= 15 is 0 Å². The number of ether oxygens (including phenoxy) is 2. The summed E-state index contributed by atoms with van der Waals surface area (Å²) >= 11 is 0. The molecule has 0 radical (unpaired) electrons. The van der Waals surface area contributed by atoms with E-state index in [2.05, 4.69) is 5.32 Å². The SMILES string of the molecule is COc1ccc(OCCNC(=O)c2cccc(C(=O)N3CCCC3)c2)cc1. The fourth-order valence-electron chi connectivity index (χ4n) is 3.00. The van der Waals surface area contributed by atoms with Gasteiger partial charge < -0.3 is 19.7 Å². The van der Waals surface area contributed by atoms with Crippen LogP contribution in [-0.4, -0.2) is 50.1 Å². The number of rotatable bonds is 7. The van der Waals surface area contributed by atoms with Crippen molar-refractivity contribution in [2.24, 2.45) is 0 Å². The molecule has 2 aromatic carbocycles. The normalized spacial score (nSPS) is 13.3. The van der Waals surface area contributed by atoms with Gasteiger partial charge in [-0.25, -0.2) is 0 Å². The Balaban J connectivity index is 1.48. The number of benzene rings is 2. The third kappa shape index (κ3) is 5.00. The van der Waals surface area contributed by atoms with Crippen molar-refractivity contribution in [3.05, 3.63) is 59.7 Å². The third-order valence-corrected chi connectivity index (χ3v) is 4.48. The van der Waals surface area contributed by atoms with E-state index in [1.165, 1.54) is 0 Å². The lowest BCUT2D eigenvalue weighted by molar-refractivity contribution is 0.0793. The summed E-state index contributed by atoms with van der Waals surface area (Å²) in [4.78, 5) is 26.6. The molecule has 0 unspecified atom stereocenters. The molecule has 3 rings (SSSR count). The van der Waals surface area contributed by atoms with Crippen LogP contribution in [0.2, 0.25) is 0 Å². The van der Waals surface area contributed by atoms with Crippen LogP contribution in [0.15, 0.2) is 48.5 Å². The van der Waals surface area contributed by atoms with E-state index in [0.717, 1.165) is 31.7 Å². The van der Waals surface area contributed by atoms with Crippen molar-refractivity contribution in [2.75, 3.05) is 33.4 Å². The lowest BCUT2D eigenvalue weighted by Crippen LogP contribution is -2.29. The molecule has 2 aromatic rings. The van der Waals surface area contributed by atoms with E-state index in [1.54, 1.807) is 31.4 Å². The fraction of sp³-hybridized carbons (Fsp3) is 0.333. The number of methoxy groups -OCH3 is 1. The Morgan fingerprint density at radius 1 is 1.00 bits per heavy atom. The highest BCUT2D eigenvalue weighted by atomic mass is 16.5. The summed E-state index contributed by atoms with van der Waals surface area (Å²) in [5, 5.41) is 2.81. The molecular formula is C21H24N2O4.